The van der Waals surface area contributed by atoms with Gasteiger partial charge in [-0.2, -0.15) is 0 Å². The van der Waals surface area contributed by atoms with E-state index in [1.807, 2.05) is 0 Å². The minimum absolute atomic E-state index is 0.0616. The van der Waals surface area contributed by atoms with Crippen LogP contribution in [0.5, 0.6) is 0 Å². The van der Waals surface area contributed by atoms with Crippen LogP contribution in [0.4, 0.5) is 0 Å². The Hall–Kier alpha value is -1.32. The molecule has 1 amide bonds. The molecule has 0 saturated heterocycles. The Morgan fingerprint density at radius 1 is 1.15 bits per heavy atom. The van der Waals surface area contributed by atoms with Gasteiger partial charge in [0.2, 0.25) is 5.91 Å². The van der Waals surface area contributed by atoms with Crippen LogP contribution < -0.4 is 5.32 Å². The number of carboxylic acid groups (broad SMARTS) is 1. The largest absolute Gasteiger partial charge is 0.481 e. The summed E-state index contributed by atoms with van der Waals surface area (Å²) in [7, 11) is 0. The minimum atomic E-state index is -0.820. The maximum Gasteiger partial charge on any atom is 0.307 e. The van der Waals surface area contributed by atoms with E-state index in [9.17, 15) is 14.7 Å². The first kappa shape index (κ1) is 15.1. The number of carboxylic acids is 1. The molecule has 2 rings (SSSR count). The molecule has 0 bridgehead atoms. The zero-order valence-corrected chi connectivity index (χ0v) is 12.1. The number of aliphatic carboxylic acids is 1. The molecular weight excluding hydrogens is 254 g/mol. The van der Waals surface area contributed by atoms with Gasteiger partial charge in [0, 0.05) is 6.54 Å². The van der Waals surface area contributed by atoms with E-state index in [2.05, 4.69) is 11.4 Å². The molecule has 0 unspecified atom stereocenters. The Bertz CT molecular complexity index is 389. The molecule has 0 aromatic heterocycles. The first-order valence-corrected chi connectivity index (χ1v) is 7.87. The number of carbonyl (C=O) groups excluding carboxylic acids is 1. The summed E-state index contributed by atoms with van der Waals surface area (Å²) in [4.78, 5) is 23.4. The zero-order valence-electron chi connectivity index (χ0n) is 12.1. The fraction of sp³-hybridized carbons (Fsp3) is 0.750. The number of rotatable bonds is 5. The summed E-state index contributed by atoms with van der Waals surface area (Å²) in [5.74, 6) is -1.70. The first-order chi connectivity index (χ1) is 9.68. The molecule has 112 valence electrons. The molecule has 20 heavy (non-hydrogen) atoms. The van der Waals surface area contributed by atoms with Gasteiger partial charge in [-0.1, -0.05) is 24.5 Å². The van der Waals surface area contributed by atoms with Gasteiger partial charge in [-0.25, -0.2) is 0 Å². The summed E-state index contributed by atoms with van der Waals surface area (Å²) in [6.45, 7) is 0.646. The second-order valence-corrected chi connectivity index (χ2v) is 5.98. The summed E-state index contributed by atoms with van der Waals surface area (Å²) in [5, 5.41) is 12.1. The van der Waals surface area contributed by atoms with Crippen LogP contribution in [0, 0.1) is 11.8 Å². The topological polar surface area (TPSA) is 66.4 Å². The Balaban J connectivity index is 1.78. The van der Waals surface area contributed by atoms with Crippen LogP contribution in [0.25, 0.3) is 0 Å². The summed E-state index contributed by atoms with van der Waals surface area (Å²) < 4.78 is 0. The lowest BCUT2D eigenvalue weighted by molar-refractivity contribution is -0.148. The molecule has 2 aliphatic rings. The van der Waals surface area contributed by atoms with Gasteiger partial charge in [0.05, 0.1) is 11.8 Å². The third-order valence-corrected chi connectivity index (χ3v) is 4.55. The van der Waals surface area contributed by atoms with Crippen molar-refractivity contribution in [2.45, 2.75) is 57.8 Å². The second-order valence-electron chi connectivity index (χ2n) is 5.98. The Morgan fingerprint density at radius 3 is 2.55 bits per heavy atom. The zero-order chi connectivity index (χ0) is 14.4. The van der Waals surface area contributed by atoms with Gasteiger partial charge in [-0.3, -0.25) is 9.59 Å². The molecule has 0 heterocycles. The number of allylic oxidation sites excluding steroid dienone is 1. The van der Waals surface area contributed by atoms with E-state index in [4.69, 9.17) is 0 Å². The van der Waals surface area contributed by atoms with Crippen LogP contribution in [0.2, 0.25) is 0 Å². The molecule has 4 nitrogen and oxygen atoms in total. The highest BCUT2D eigenvalue weighted by Crippen LogP contribution is 2.30. The lowest BCUT2D eigenvalue weighted by atomic mass is 9.78. The molecule has 1 fully saturated rings. The molecule has 0 aromatic carbocycles. The van der Waals surface area contributed by atoms with E-state index in [-0.39, 0.29) is 11.8 Å². The van der Waals surface area contributed by atoms with E-state index in [0.717, 1.165) is 32.1 Å². The van der Waals surface area contributed by atoms with Crippen molar-refractivity contribution in [3.8, 4) is 0 Å². The van der Waals surface area contributed by atoms with Gasteiger partial charge in [-0.15, -0.1) is 0 Å². The SMILES string of the molecule is O=C(O)[C@H]1CCCC[C@H]1C(=O)NCCC1=CCCCC1. The fourth-order valence-electron chi connectivity index (χ4n) is 3.35. The number of nitrogens with one attached hydrogen (secondary N) is 1. The molecular formula is C16H25NO3. The Morgan fingerprint density at radius 2 is 1.90 bits per heavy atom. The highest BCUT2D eigenvalue weighted by molar-refractivity contribution is 5.84. The average molecular weight is 279 g/mol. The summed E-state index contributed by atoms with van der Waals surface area (Å²) in [6, 6.07) is 0. The molecule has 4 heteroatoms. The third kappa shape index (κ3) is 4.09. The summed E-state index contributed by atoms with van der Waals surface area (Å²) >= 11 is 0. The molecule has 2 atom stereocenters. The monoisotopic (exact) mass is 279 g/mol. The molecule has 2 N–H and O–H groups in total. The number of carbonyl (C=O) groups is 2. The molecule has 1 saturated carbocycles. The van der Waals surface area contributed by atoms with Crippen molar-refractivity contribution in [1.82, 2.24) is 5.32 Å². The van der Waals surface area contributed by atoms with E-state index >= 15 is 0 Å². The van der Waals surface area contributed by atoms with Crippen molar-refractivity contribution >= 4 is 11.9 Å². The van der Waals surface area contributed by atoms with Gasteiger partial charge in [0.1, 0.15) is 0 Å². The second kappa shape index (κ2) is 7.46. The van der Waals surface area contributed by atoms with Crippen LogP contribution in [0.15, 0.2) is 11.6 Å². The Kier molecular flexibility index (Phi) is 5.62. The molecule has 0 radical (unpaired) electrons. The average Bonchev–Trinajstić information content (AvgIpc) is 2.48. The predicted molar refractivity (Wildman–Crippen MR) is 77.3 cm³/mol. The minimum Gasteiger partial charge on any atom is -0.481 e. The molecule has 2 aliphatic carbocycles. The van der Waals surface area contributed by atoms with Crippen molar-refractivity contribution in [2.75, 3.05) is 6.54 Å². The van der Waals surface area contributed by atoms with E-state index in [1.54, 1.807) is 0 Å². The summed E-state index contributed by atoms with van der Waals surface area (Å²) in [5.41, 5.74) is 1.44. The van der Waals surface area contributed by atoms with Crippen molar-refractivity contribution < 1.29 is 14.7 Å². The highest BCUT2D eigenvalue weighted by atomic mass is 16.4. The van der Waals surface area contributed by atoms with Crippen LogP contribution in [-0.2, 0) is 9.59 Å². The van der Waals surface area contributed by atoms with Gasteiger partial charge in [0.25, 0.3) is 0 Å². The molecule has 0 spiro atoms. The van der Waals surface area contributed by atoms with Gasteiger partial charge in [-0.05, 0) is 44.9 Å². The first-order valence-electron chi connectivity index (χ1n) is 7.87. The van der Waals surface area contributed by atoms with Crippen LogP contribution in [-0.4, -0.2) is 23.5 Å². The quantitative estimate of drug-likeness (QED) is 0.760. The predicted octanol–water partition coefficient (Wildman–Crippen LogP) is 2.88. The van der Waals surface area contributed by atoms with Gasteiger partial charge in [0.15, 0.2) is 0 Å². The van der Waals surface area contributed by atoms with Crippen molar-refractivity contribution in [2.24, 2.45) is 11.8 Å². The highest BCUT2D eigenvalue weighted by Gasteiger charge is 2.35. The molecule has 0 aromatic rings. The lowest BCUT2D eigenvalue weighted by Gasteiger charge is -2.27. The smallest absolute Gasteiger partial charge is 0.307 e. The fourth-order valence-corrected chi connectivity index (χ4v) is 3.35. The van der Waals surface area contributed by atoms with E-state index < -0.39 is 11.9 Å². The van der Waals surface area contributed by atoms with Crippen LogP contribution >= 0.6 is 0 Å². The molecule has 0 aliphatic heterocycles. The maximum absolute atomic E-state index is 12.2. The van der Waals surface area contributed by atoms with Crippen LogP contribution in [0.3, 0.4) is 0 Å². The maximum atomic E-state index is 12.2. The third-order valence-electron chi connectivity index (χ3n) is 4.55. The number of hydrogen-bond donors (Lipinski definition) is 2. The van der Waals surface area contributed by atoms with Gasteiger partial charge >= 0.3 is 5.97 Å². The normalized spacial score (nSPS) is 26.7. The number of hydrogen-bond acceptors (Lipinski definition) is 2. The van der Waals surface area contributed by atoms with E-state index in [0.29, 0.717) is 19.4 Å². The van der Waals surface area contributed by atoms with Crippen molar-refractivity contribution in [3.63, 3.8) is 0 Å². The number of amides is 1. The lowest BCUT2D eigenvalue weighted by Crippen LogP contribution is -2.40. The standard InChI is InChI=1S/C16H25NO3/c18-15(13-8-4-5-9-14(13)16(19)20)17-11-10-12-6-2-1-3-7-12/h6,13-14H,1-5,7-11H2,(H,17,18)(H,19,20)/t13-,14+/m1/s1. The summed E-state index contributed by atoms with van der Waals surface area (Å²) in [6.07, 6.45) is 11.3. The van der Waals surface area contributed by atoms with Crippen molar-refractivity contribution in [3.05, 3.63) is 11.6 Å². The van der Waals surface area contributed by atoms with E-state index in [1.165, 1.54) is 18.4 Å². The van der Waals surface area contributed by atoms with Crippen molar-refractivity contribution in [1.29, 1.82) is 0 Å². The van der Waals surface area contributed by atoms with Gasteiger partial charge < -0.3 is 10.4 Å². The van der Waals surface area contributed by atoms with Crippen LogP contribution in [0.1, 0.15) is 57.8 Å². The Labute approximate surface area is 120 Å².